The lowest BCUT2D eigenvalue weighted by molar-refractivity contribution is 0.0697. The average Bonchev–Trinajstić information content (AvgIpc) is 2.73. The molecule has 2 aromatic rings. The number of hydrogen-bond donors (Lipinski definition) is 0. The van der Waals surface area contributed by atoms with Crippen molar-refractivity contribution < 1.29 is 17.9 Å². The maximum atomic E-state index is 12.8. The predicted octanol–water partition coefficient (Wildman–Crippen LogP) is 2.40. The fourth-order valence-corrected chi connectivity index (χ4v) is 4.54. The lowest BCUT2D eigenvalue weighted by Gasteiger charge is -2.34. The molecule has 0 aliphatic carbocycles. The van der Waals surface area contributed by atoms with Gasteiger partial charge in [0, 0.05) is 31.7 Å². The molecule has 2 aromatic carbocycles. The van der Waals surface area contributed by atoms with Gasteiger partial charge in [0.2, 0.25) is 10.0 Å². The second-order valence-corrected chi connectivity index (χ2v) is 8.36. The summed E-state index contributed by atoms with van der Waals surface area (Å²) < 4.78 is 32.3. The van der Waals surface area contributed by atoms with Crippen molar-refractivity contribution in [2.75, 3.05) is 33.3 Å². The maximum absolute atomic E-state index is 12.8. The minimum absolute atomic E-state index is 0.113. The van der Waals surface area contributed by atoms with E-state index in [2.05, 4.69) is 0 Å². The fraction of sp³-hybridized carbons (Fsp3) is 0.350. The van der Waals surface area contributed by atoms with Crippen molar-refractivity contribution in [2.45, 2.75) is 18.2 Å². The number of ether oxygens (including phenoxy) is 1. The Balaban J connectivity index is 1.67. The van der Waals surface area contributed by atoms with E-state index in [0.29, 0.717) is 29.3 Å². The Morgan fingerprint density at radius 2 is 1.70 bits per heavy atom. The van der Waals surface area contributed by atoms with E-state index >= 15 is 0 Å². The van der Waals surface area contributed by atoms with Crippen LogP contribution in [0.1, 0.15) is 22.8 Å². The Kier molecular flexibility index (Phi) is 5.82. The Morgan fingerprint density at radius 3 is 2.30 bits per heavy atom. The molecule has 1 fully saturated rings. The van der Waals surface area contributed by atoms with Gasteiger partial charge in [-0.2, -0.15) is 4.31 Å². The van der Waals surface area contributed by atoms with Crippen LogP contribution in [0.4, 0.5) is 0 Å². The Labute approximate surface area is 160 Å². The number of nitrogens with zero attached hydrogens (tertiary/aromatic N) is 2. The third kappa shape index (κ3) is 4.14. The number of carbonyl (C=O) groups is 1. The highest BCUT2D eigenvalue weighted by atomic mass is 32.2. The van der Waals surface area contributed by atoms with E-state index in [9.17, 15) is 13.2 Å². The number of sulfonamides is 1. The van der Waals surface area contributed by atoms with Crippen molar-refractivity contribution >= 4 is 15.9 Å². The summed E-state index contributed by atoms with van der Waals surface area (Å²) in [5, 5.41) is 0. The number of amides is 1. The molecule has 0 saturated carbocycles. The summed E-state index contributed by atoms with van der Waals surface area (Å²) in [6.45, 7) is 3.33. The van der Waals surface area contributed by atoms with Crippen molar-refractivity contribution in [2.24, 2.45) is 0 Å². The second-order valence-electron chi connectivity index (χ2n) is 6.43. The SMILES string of the molecule is CCc1ccc(S(=O)(=O)N2CCN(C(=O)c3cccc(OC)c3)CC2)cc1. The van der Waals surface area contributed by atoms with Gasteiger partial charge in [0.25, 0.3) is 5.91 Å². The van der Waals surface area contributed by atoms with Crippen LogP contribution in [0, 0.1) is 0 Å². The molecule has 0 unspecified atom stereocenters. The minimum atomic E-state index is -3.54. The predicted molar refractivity (Wildman–Crippen MR) is 103 cm³/mol. The fourth-order valence-electron chi connectivity index (χ4n) is 3.12. The van der Waals surface area contributed by atoms with E-state index in [4.69, 9.17) is 4.74 Å². The smallest absolute Gasteiger partial charge is 0.254 e. The van der Waals surface area contributed by atoms with Crippen molar-refractivity contribution in [3.8, 4) is 5.75 Å². The van der Waals surface area contributed by atoms with Gasteiger partial charge in [-0.1, -0.05) is 25.1 Å². The van der Waals surface area contributed by atoms with Gasteiger partial charge in [0.15, 0.2) is 0 Å². The van der Waals surface area contributed by atoms with Gasteiger partial charge in [-0.05, 0) is 42.3 Å². The number of carbonyl (C=O) groups excluding carboxylic acids is 1. The molecule has 0 radical (unpaired) electrons. The molecular formula is C20H24N2O4S. The van der Waals surface area contributed by atoms with E-state index in [1.54, 1.807) is 48.4 Å². The highest BCUT2D eigenvalue weighted by Crippen LogP contribution is 2.20. The molecule has 0 N–H and O–H groups in total. The van der Waals surface area contributed by atoms with E-state index in [1.807, 2.05) is 19.1 Å². The molecule has 0 aromatic heterocycles. The maximum Gasteiger partial charge on any atom is 0.254 e. The van der Waals surface area contributed by atoms with Gasteiger partial charge in [-0.25, -0.2) is 8.42 Å². The van der Waals surface area contributed by atoms with Crippen LogP contribution in [0.25, 0.3) is 0 Å². The molecule has 1 aliphatic heterocycles. The Hall–Kier alpha value is -2.38. The molecule has 0 spiro atoms. The molecule has 1 saturated heterocycles. The molecule has 3 rings (SSSR count). The quantitative estimate of drug-likeness (QED) is 0.789. The largest absolute Gasteiger partial charge is 0.497 e. The highest BCUT2D eigenvalue weighted by molar-refractivity contribution is 7.89. The first-order valence-electron chi connectivity index (χ1n) is 8.98. The summed E-state index contributed by atoms with van der Waals surface area (Å²) in [5.41, 5.74) is 1.64. The topological polar surface area (TPSA) is 66.9 Å². The van der Waals surface area contributed by atoms with Crippen LogP contribution in [-0.4, -0.2) is 56.8 Å². The molecular weight excluding hydrogens is 364 g/mol. The molecule has 1 aliphatic rings. The van der Waals surface area contributed by atoms with Crippen LogP contribution in [0.2, 0.25) is 0 Å². The van der Waals surface area contributed by atoms with Crippen LogP contribution >= 0.6 is 0 Å². The summed E-state index contributed by atoms with van der Waals surface area (Å²) in [6, 6.07) is 14.0. The monoisotopic (exact) mass is 388 g/mol. The van der Waals surface area contributed by atoms with Gasteiger partial charge < -0.3 is 9.64 Å². The Bertz CT molecular complexity index is 902. The minimum Gasteiger partial charge on any atom is -0.497 e. The average molecular weight is 388 g/mol. The zero-order valence-corrected chi connectivity index (χ0v) is 16.4. The van der Waals surface area contributed by atoms with Crippen LogP contribution in [0.3, 0.4) is 0 Å². The van der Waals surface area contributed by atoms with Crippen molar-refractivity contribution in [3.63, 3.8) is 0 Å². The van der Waals surface area contributed by atoms with Crippen molar-refractivity contribution in [1.29, 1.82) is 0 Å². The van der Waals surface area contributed by atoms with E-state index < -0.39 is 10.0 Å². The third-order valence-electron chi connectivity index (χ3n) is 4.81. The molecule has 0 atom stereocenters. The lowest BCUT2D eigenvalue weighted by Crippen LogP contribution is -2.50. The first-order chi connectivity index (χ1) is 13.0. The number of methoxy groups -OCH3 is 1. The van der Waals surface area contributed by atoms with Crippen LogP contribution in [0.15, 0.2) is 53.4 Å². The van der Waals surface area contributed by atoms with Crippen molar-refractivity contribution in [3.05, 3.63) is 59.7 Å². The normalized spacial score (nSPS) is 15.6. The third-order valence-corrected chi connectivity index (χ3v) is 6.72. The summed E-state index contributed by atoms with van der Waals surface area (Å²) in [5.74, 6) is 0.510. The van der Waals surface area contributed by atoms with Gasteiger partial charge >= 0.3 is 0 Å². The molecule has 0 bridgehead atoms. The van der Waals surface area contributed by atoms with E-state index in [0.717, 1.165) is 12.0 Å². The molecule has 7 heteroatoms. The summed E-state index contributed by atoms with van der Waals surface area (Å²) in [6.07, 6.45) is 0.866. The molecule has 1 amide bonds. The van der Waals surface area contributed by atoms with E-state index in [-0.39, 0.29) is 19.0 Å². The molecule has 144 valence electrons. The Morgan fingerprint density at radius 1 is 1.04 bits per heavy atom. The number of aryl methyl sites for hydroxylation is 1. The number of piperazine rings is 1. The first-order valence-corrected chi connectivity index (χ1v) is 10.4. The van der Waals surface area contributed by atoms with E-state index in [1.165, 1.54) is 4.31 Å². The van der Waals surface area contributed by atoms with Crippen LogP contribution in [0.5, 0.6) is 5.75 Å². The lowest BCUT2D eigenvalue weighted by atomic mass is 10.1. The summed E-state index contributed by atoms with van der Waals surface area (Å²) >= 11 is 0. The van der Waals surface area contributed by atoms with Gasteiger partial charge in [-0.15, -0.1) is 0 Å². The van der Waals surface area contributed by atoms with Gasteiger partial charge in [0.05, 0.1) is 12.0 Å². The first kappa shape index (κ1) is 19.4. The highest BCUT2D eigenvalue weighted by Gasteiger charge is 2.30. The summed E-state index contributed by atoms with van der Waals surface area (Å²) in [4.78, 5) is 14.6. The zero-order chi connectivity index (χ0) is 19.4. The standard InChI is InChI=1S/C20H24N2O4S/c1-3-16-7-9-19(10-8-16)27(24,25)22-13-11-21(12-14-22)20(23)17-5-4-6-18(15-17)26-2/h4-10,15H,3,11-14H2,1-2H3. The van der Waals surface area contributed by atoms with Gasteiger partial charge in [-0.3, -0.25) is 4.79 Å². The van der Waals surface area contributed by atoms with Gasteiger partial charge in [0.1, 0.15) is 5.75 Å². The molecule has 1 heterocycles. The van der Waals surface area contributed by atoms with Crippen molar-refractivity contribution in [1.82, 2.24) is 9.21 Å². The van der Waals surface area contributed by atoms with Crippen LogP contribution < -0.4 is 4.74 Å². The second kappa shape index (κ2) is 8.10. The van der Waals surface area contributed by atoms with Crippen LogP contribution in [-0.2, 0) is 16.4 Å². The number of hydrogen-bond acceptors (Lipinski definition) is 4. The molecule has 6 nitrogen and oxygen atoms in total. The number of benzene rings is 2. The number of rotatable bonds is 5. The summed E-state index contributed by atoms with van der Waals surface area (Å²) in [7, 11) is -1.98. The zero-order valence-electron chi connectivity index (χ0n) is 15.6. The molecule has 27 heavy (non-hydrogen) atoms.